The topological polar surface area (TPSA) is 64.2 Å². The molecule has 0 N–H and O–H groups in total. The molecule has 3 aromatic rings. The van der Waals surface area contributed by atoms with E-state index in [0.29, 0.717) is 29.6 Å². The highest BCUT2D eigenvalue weighted by Crippen LogP contribution is 2.32. The number of rotatable bonds is 6. The zero-order valence-corrected chi connectivity index (χ0v) is 18.2. The van der Waals surface area contributed by atoms with Crippen LogP contribution in [-0.4, -0.2) is 32.1 Å². The number of aryl methyl sites for hydroxylation is 2. The summed E-state index contributed by atoms with van der Waals surface area (Å²) in [6, 6.07) is 9.49. The van der Waals surface area contributed by atoms with Crippen LogP contribution in [0.15, 0.2) is 40.9 Å². The lowest BCUT2D eigenvalue weighted by Gasteiger charge is -2.33. The third kappa shape index (κ3) is 4.43. The van der Waals surface area contributed by atoms with Crippen molar-refractivity contribution in [2.45, 2.75) is 51.5 Å². The van der Waals surface area contributed by atoms with Crippen molar-refractivity contribution >= 4 is 17.5 Å². The molecule has 4 rings (SSSR count). The normalized spacial score (nSPS) is 16.8. The second-order valence-electron chi connectivity index (χ2n) is 7.88. The Kier molecular flexibility index (Phi) is 6.23. The molecule has 0 aliphatic carbocycles. The monoisotopic (exact) mass is 426 g/mol. The number of carbonyl (C=O) groups excluding carboxylic acids is 1. The fourth-order valence-corrected chi connectivity index (χ4v) is 4.30. The Morgan fingerprint density at radius 3 is 2.97 bits per heavy atom. The van der Waals surface area contributed by atoms with Crippen molar-refractivity contribution in [1.29, 1.82) is 0 Å². The van der Waals surface area contributed by atoms with E-state index in [1.165, 1.54) is 0 Å². The van der Waals surface area contributed by atoms with E-state index in [4.69, 9.17) is 16.0 Å². The molecule has 0 spiro atoms. The molecule has 1 atom stereocenters. The number of hydrogen-bond acceptors (Lipinski definition) is 4. The van der Waals surface area contributed by atoms with Gasteiger partial charge in [-0.3, -0.25) is 9.48 Å². The van der Waals surface area contributed by atoms with E-state index in [1.54, 1.807) is 10.9 Å². The van der Waals surface area contributed by atoms with Gasteiger partial charge in [-0.2, -0.15) is 5.10 Å². The zero-order valence-electron chi connectivity index (χ0n) is 17.5. The molecular formula is C23H27ClN4O2. The number of oxazole rings is 1. The van der Waals surface area contributed by atoms with Crippen LogP contribution >= 0.6 is 11.6 Å². The number of carbonyl (C=O) groups is 1. The van der Waals surface area contributed by atoms with Crippen LogP contribution in [0.2, 0.25) is 5.02 Å². The summed E-state index contributed by atoms with van der Waals surface area (Å²) in [5.74, 6) is 1.37. The van der Waals surface area contributed by atoms with Crippen LogP contribution in [0.1, 0.15) is 72.0 Å². The highest BCUT2D eigenvalue weighted by molar-refractivity contribution is 6.30. The summed E-state index contributed by atoms with van der Waals surface area (Å²) in [5.41, 5.74) is 2.65. The van der Waals surface area contributed by atoms with Crippen molar-refractivity contribution in [3.05, 3.63) is 70.2 Å². The van der Waals surface area contributed by atoms with Crippen LogP contribution in [0.5, 0.6) is 0 Å². The second kappa shape index (κ2) is 9.04. The average molecular weight is 427 g/mol. The molecule has 1 saturated heterocycles. The Hall–Kier alpha value is -2.60. The largest absolute Gasteiger partial charge is 0.443 e. The minimum atomic E-state index is -0.149. The lowest BCUT2D eigenvalue weighted by Crippen LogP contribution is -2.39. The molecule has 3 heterocycles. The Morgan fingerprint density at radius 2 is 2.17 bits per heavy atom. The van der Waals surface area contributed by atoms with Gasteiger partial charge >= 0.3 is 0 Å². The van der Waals surface area contributed by atoms with Crippen molar-refractivity contribution in [3.8, 4) is 0 Å². The number of hydrogen-bond donors (Lipinski definition) is 0. The molecule has 1 fully saturated rings. The summed E-state index contributed by atoms with van der Waals surface area (Å²) >= 11 is 6.09. The summed E-state index contributed by atoms with van der Waals surface area (Å²) < 4.78 is 7.78. The van der Waals surface area contributed by atoms with Crippen molar-refractivity contribution in [3.63, 3.8) is 0 Å². The SMILES string of the molecule is CCCc1cc(C(=O)N2CCCCC2c2ncc(Cc3cccc(Cl)c3)o2)n(C)n1. The Labute approximate surface area is 181 Å². The van der Waals surface area contributed by atoms with Gasteiger partial charge in [0.15, 0.2) is 0 Å². The predicted octanol–water partition coefficient (Wildman–Crippen LogP) is 4.97. The van der Waals surface area contributed by atoms with Crippen LogP contribution in [0.3, 0.4) is 0 Å². The minimum absolute atomic E-state index is 0.00774. The molecule has 30 heavy (non-hydrogen) atoms. The third-order valence-corrected chi connectivity index (χ3v) is 5.78. The van der Waals surface area contributed by atoms with Crippen molar-refractivity contribution < 1.29 is 9.21 Å². The molecular weight excluding hydrogens is 400 g/mol. The molecule has 0 radical (unpaired) electrons. The van der Waals surface area contributed by atoms with E-state index in [-0.39, 0.29) is 11.9 Å². The molecule has 2 aromatic heterocycles. The molecule has 0 saturated carbocycles. The van der Waals surface area contributed by atoms with Gasteiger partial charge in [0, 0.05) is 25.0 Å². The van der Waals surface area contributed by atoms with Gasteiger partial charge in [-0.1, -0.05) is 37.1 Å². The van der Waals surface area contributed by atoms with Gasteiger partial charge in [0.25, 0.3) is 5.91 Å². The maximum absolute atomic E-state index is 13.3. The van der Waals surface area contributed by atoms with Gasteiger partial charge < -0.3 is 9.32 Å². The van der Waals surface area contributed by atoms with Crippen LogP contribution in [-0.2, 0) is 19.9 Å². The summed E-state index contributed by atoms with van der Waals surface area (Å²) in [6.07, 6.45) is 7.14. The van der Waals surface area contributed by atoms with E-state index >= 15 is 0 Å². The summed E-state index contributed by atoms with van der Waals surface area (Å²) in [6.45, 7) is 2.81. The first kappa shape index (κ1) is 20.7. The smallest absolute Gasteiger partial charge is 0.272 e. The fraction of sp³-hybridized carbons (Fsp3) is 0.435. The molecule has 1 aliphatic heterocycles. The number of aromatic nitrogens is 3. The molecule has 7 heteroatoms. The molecule has 158 valence electrons. The van der Waals surface area contributed by atoms with E-state index in [1.807, 2.05) is 42.3 Å². The van der Waals surface area contributed by atoms with Gasteiger partial charge in [0.2, 0.25) is 5.89 Å². The summed E-state index contributed by atoms with van der Waals surface area (Å²) in [5, 5.41) is 5.20. The zero-order chi connectivity index (χ0) is 21.1. The highest BCUT2D eigenvalue weighted by Gasteiger charge is 2.33. The highest BCUT2D eigenvalue weighted by atomic mass is 35.5. The molecule has 1 aliphatic rings. The van der Waals surface area contributed by atoms with E-state index in [2.05, 4.69) is 17.0 Å². The van der Waals surface area contributed by atoms with E-state index in [0.717, 1.165) is 49.1 Å². The van der Waals surface area contributed by atoms with Crippen LogP contribution in [0, 0.1) is 0 Å². The quantitative estimate of drug-likeness (QED) is 0.558. The maximum atomic E-state index is 13.3. The third-order valence-electron chi connectivity index (χ3n) is 5.54. The van der Waals surface area contributed by atoms with E-state index in [9.17, 15) is 4.79 Å². The van der Waals surface area contributed by atoms with Crippen LogP contribution in [0.4, 0.5) is 0 Å². The number of benzene rings is 1. The van der Waals surface area contributed by atoms with Crippen molar-refractivity contribution in [2.24, 2.45) is 7.05 Å². The van der Waals surface area contributed by atoms with Crippen molar-refractivity contribution in [2.75, 3.05) is 6.54 Å². The predicted molar refractivity (Wildman–Crippen MR) is 116 cm³/mol. The van der Waals surface area contributed by atoms with Crippen LogP contribution < -0.4 is 0 Å². The van der Waals surface area contributed by atoms with Crippen LogP contribution in [0.25, 0.3) is 0 Å². The molecule has 1 amide bonds. The Balaban J connectivity index is 1.54. The van der Waals surface area contributed by atoms with E-state index < -0.39 is 0 Å². The van der Waals surface area contributed by atoms with Gasteiger partial charge in [-0.25, -0.2) is 4.98 Å². The molecule has 1 unspecified atom stereocenters. The lowest BCUT2D eigenvalue weighted by molar-refractivity contribution is 0.0558. The first-order chi connectivity index (χ1) is 14.5. The summed E-state index contributed by atoms with van der Waals surface area (Å²) in [7, 11) is 1.83. The maximum Gasteiger partial charge on any atom is 0.272 e. The minimum Gasteiger partial charge on any atom is -0.443 e. The number of halogens is 1. The first-order valence-corrected chi connectivity index (χ1v) is 11.0. The Morgan fingerprint density at radius 1 is 1.30 bits per heavy atom. The molecule has 1 aromatic carbocycles. The average Bonchev–Trinajstić information content (AvgIpc) is 3.34. The first-order valence-electron chi connectivity index (χ1n) is 10.6. The summed E-state index contributed by atoms with van der Waals surface area (Å²) in [4.78, 5) is 19.8. The molecule has 6 nitrogen and oxygen atoms in total. The van der Waals surface area contributed by atoms with Gasteiger partial charge in [-0.15, -0.1) is 0 Å². The molecule has 0 bridgehead atoms. The van der Waals surface area contributed by atoms with Gasteiger partial charge in [-0.05, 0) is 49.4 Å². The lowest BCUT2D eigenvalue weighted by atomic mass is 10.0. The number of piperidine rings is 1. The fourth-order valence-electron chi connectivity index (χ4n) is 4.09. The standard InChI is InChI=1S/C23H27ClN4O2/c1-3-7-18-14-21(27(2)26-18)23(29)28-11-5-4-10-20(28)22-25-15-19(30-22)13-16-8-6-9-17(24)12-16/h6,8-9,12,14-15,20H,3-5,7,10-11,13H2,1-2H3. The van der Waals surface area contributed by atoms with Crippen molar-refractivity contribution in [1.82, 2.24) is 19.7 Å². The van der Waals surface area contributed by atoms with Gasteiger partial charge in [0.1, 0.15) is 17.5 Å². The second-order valence-corrected chi connectivity index (χ2v) is 8.31. The number of nitrogens with zero attached hydrogens (tertiary/aromatic N) is 4. The van der Waals surface area contributed by atoms with Gasteiger partial charge in [0.05, 0.1) is 11.9 Å². The Bertz CT molecular complexity index is 1030. The number of amides is 1. The number of likely N-dealkylation sites (tertiary alicyclic amines) is 1.